The maximum atomic E-state index is 12.2. The average molecular weight is 332 g/mol. The molecule has 0 saturated heterocycles. The van der Waals surface area contributed by atoms with Gasteiger partial charge in [-0.3, -0.25) is 0 Å². The van der Waals surface area contributed by atoms with Crippen LogP contribution in [0.1, 0.15) is 18.4 Å². The standard InChI is InChI=1S/C13H20N2O4S2/c1-20(16,17)9-3-8-15-21(18,19)12-5-6-13-11(10-12)4-2-7-14-13/h5-6,10,14-15H,2-4,7-9H2,1H3. The van der Waals surface area contributed by atoms with E-state index in [1.165, 1.54) is 0 Å². The first-order chi connectivity index (χ1) is 9.78. The van der Waals surface area contributed by atoms with Crippen LogP contribution in [0, 0.1) is 0 Å². The highest BCUT2D eigenvalue weighted by Crippen LogP contribution is 2.24. The minimum absolute atomic E-state index is 0.0242. The van der Waals surface area contributed by atoms with Gasteiger partial charge in [0.05, 0.1) is 10.6 Å². The van der Waals surface area contributed by atoms with E-state index < -0.39 is 19.9 Å². The second-order valence-electron chi connectivity index (χ2n) is 5.23. The fraction of sp³-hybridized carbons (Fsp3) is 0.538. The van der Waals surface area contributed by atoms with Crippen molar-refractivity contribution in [2.75, 3.05) is 30.4 Å². The zero-order valence-corrected chi connectivity index (χ0v) is 13.6. The SMILES string of the molecule is CS(=O)(=O)CCCNS(=O)(=O)c1ccc2c(c1)CCCN2. The van der Waals surface area contributed by atoms with Crippen LogP contribution in [0.2, 0.25) is 0 Å². The molecular weight excluding hydrogens is 312 g/mol. The minimum atomic E-state index is -3.58. The number of aryl methyl sites for hydroxylation is 1. The van der Waals surface area contributed by atoms with Crippen molar-refractivity contribution in [3.63, 3.8) is 0 Å². The van der Waals surface area contributed by atoms with E-state index in [9.17, 15) is 16.8 Å². The third-order valence-electron chi connectivity index (χ3n) is 3.31. The molecule has 0 aromatic heterocycles. The maximum absolute atomic E-state index is 12.2. The largest absolute Gasteiger partial charge is 0.385 e. The van der Waals surface area contributed by atoms with Crippen molar-refractivity contribution >= 4 is 25.5 Å². The predicted molar refractivity (Wildman–Crippen MR) is 82.8 cm³/mol. The molecule has 0 bridgehead atoms. The molecule has 6 nitrogen and oxygen atoms in total. The minimum Gasteiger partial charge on any atom is -0.385 e. The Bertz CT molecular complexity index is 712. The second kappa shape index (κ2) is 6.33. The number of sulfone groups is 1. The first-order valence-electron chi connectivity index (χ1n) is 6.82. The molecule has 1 heterocycles. The summed E-state index contributed by atoms with van der Waals surface area (Å²) in [6, 6.07) is 5.02. The van der Waals surface area contributed by atoms with Crippen LogP contribution in [0.25, 0.3) is 0 Å². The summed E-state index contributed by atoms with van der Waals surface area (Å²) < 4.78 is 48.8. The van der Waals surface area contributed by atoms with E-state index in [-0.39, 0.29) is 23.6 Å². The van der Waals surface area contributed by atoms with E-state index >= 15 is 0 Å². The molecule has 118 valence electrons. The van der Waals surface area contributed by atoms with Crippen molar-refractivity contribution in [3.05, 3.63) is 23.8 Å². The molecule has 2 N–H and O–H groups in total. The number of rotatable bonds is 6. The number of sulfonamides is 1. The van der Waals surface area contributed by atoms with E-state index in [0.717, 1.165) is 36.9 Å². The Balaban J connectivity index is 2.02. The topological polar surface area (TPSA) is 92.3 Å². The van der Waals surface area contributed by atoms with Crippen molar-refractivity contribution < 1.29 is 16.8 Å². The fourth-order valence-corrected chi connectivity index (χ4v) is 4.04. The van der Waals surface area contributed by atoms with Crippen LogP contribution >= 0.6 is 0 Å². The lowest BCUT2D eigenvalue weighted by Crippen LogP contribution is -2.26. The maximum Gasteiger partial charge on any atom is 0.240 e. The fourth-order valence-electron chi connectivity index (χ4n) is 2.24. The quantitative estimate of drug-likeness (QED) is 0.750. The third kappa shape index (κ3) is 4.69. The summed E-state index contributed by atoms with van der Waals surface area (Å²) in [5.74, 6) is -0.0242. The molecule has 2 rings (SSSR count). The molecule has 0 saturated carbocycles. The molecule has 0 fully saturated rings. The van der Waals surface area contributed by atoms with E-state index in [2.05, 4.69) is 10.0 Å². The monoisotopic (exact) mass is 332 g/mol. The molecule has 1 aromatic rings. The molecular formula is C13H20N2O4S2. The molecule has 1 aliphatic rings. The van der Waals surface area contributed by atoms with Gasteiger partial charge in [0, 0.05) is 25.0 Å². The summed E-state index contributed by atoms with van der Waals surface area (Å²) in [7, 11) is -6.65. The van der Waals surface area contributed by atoms with Crippen molar-refractivity contribution in [3.8, 4) is 0 Å². The van der Waals surface area contributed by atoms with Gasteiger partial charge in [0.25, 0.3) is 0 Å². The smallest absolute Gasteiger partial charge is 0.240 e. The molecule has 0 amide bonds. The first kappa shape index (κ1) is 16.3. The molecule has 1 aromatic carbocycles. The highest BCUT2D eigenvalue weighted by Gasteiger charge is 2.17. The number of nitrogens with one attached hydrogen (secondary N) is 2. The van der Waals surface area contributed by atoms with Gasteiger partial charge in [0.1, 0.15) is 9.84 Å². The normalized spacial score (nSPS) is 15.3. The van der Waals surface area contributed by atoms with Crippen molar-refractivity contribution in [1.82, 2.24) is 4.72 Å². The van der Waals surface area contributed by atoms with Gasteiger partial charge in [0.2, 0.25) is 10.0 Å². The number of benzene rings is 1. The number of hydrogen-bond donors (Lipinski definition) is 2. The highest BCUT2D eigenvalue weighted by atomic mass is 32.2. The number of fused-ring (bicyclic) bond motifs is 1. The van der Waals surface area contributed by atoms with E-state index in [4.69, 9.17) is 0 Å². The lowest BCUT2D eigenvalue weighted by atomic mass is 10.0. The van der Waals surface area contributed by atoms with Crippen molar-refractivity contribution in [1.29, 1.82) is 0 Å². The zero-order valence-electron chi connectivity index (χ0n) is 11.9. The Labute approximate surface area is 125 Å². The summed E-state index contributed by atoms with van der Waals surface area (Å²) in [6.07, 6.45) is 3.25. The van der Waals surface area contributed by atoms with E-state index in [1.807, 2.05) is 0 Å². The van der Waals surface area contributed by atoms with Gasteiger partial charge < -0.3 is 5.32 Å². The third-order valence-corrected chi connectivity index (χ3v) is 5.80. The van der Waals surface area contributed by atoms with Gasteiger partial charge in [-0.05, 0) is 43.0 Å². The summed E-state index contributed by atoms with van der Waals surface area (Å²) in [5, 5.41) is 3.23. The van der Waals surface area contributed by atoms with Gasteiger partial charge in [-0.1, -0.05) is 0 Å². The van der Waals surface area contributed by atoms with Gasteiger partial charge in [-0.25, -0.2) is 21.6 Å². The molecule has 8 heteroatoms. The number of anilines is 1. The van der Waals surface area contributed by atoms with Gasteiger partial charge in [-0.15, -0.1) is 0 Å². The van der Waals surface area contributed by atoms with Crippen LogP contribution in [0.15, 0.2) is 23.1 Å². The Hall–Kier alpha value is -1.12. The van der Waals surface area contributed by atoms with Crippen LogP contribution in [0.3, 0.4) is 0 Å². The predicted octanol–water partition coefficient (Wildman–Crippen LogP) is 0.758. The summed E-state index contributed by atoms with van der Waals surface area (Å²) >= 11 is 0. The average Bonchev–Trinajstić information content (AvgIpc) is 2.42. The lowest BCUT2D eigenvalue weighted by Gasteiger charge is -2.18. The molecule has 0 spiro atoms. The molecule has 0 radical (unpaired) electrons. The van der Waals surface area contributed by atoms with Crippen LogP contribution in [-0.4, -0.2) is 41.9 Å². The Morgan fingerprint density at radius 1 is 1.24 bits per heavy atom. The summed E-state index contributed by atoms with van der Waals surface area (Å²) in [4.78, 5) is 0.226. The Morgan fingerprint density at radius 2 is 2.00 bits per heavy atom. The molecule has 21 heavy (non-hydrogen) atoms. The van der Waals surface area contributed by atoms with Crippen molar-refractivity contribution in [2.24, 2.45) is 0 Å². The van der Waals surface area contributed by atoms with Gasteiger partial charge in [-0.2, -0.15) is 0 Å². The number of hydrogen-bond acceptors (Lipinski definition) is 5. The summed E-state index contributed by atoms with van der Waals surface area (Å²) in [6.45, 7) is 1.02. The molecule has 0 unspecified atom stereocenters. The van der Waals surface area contributed by atoms with Gasteiger partial charge in [0.15, 0.2) is 0 Å². The van der Waals surface area contributed by atoms with Crippen LogP contribution in [0.4, 0.5) is 5.69 Å². The zero-order chi connectivity index (χ0) is 15.5. The highest BCUT2D eigenvalue weighted by molar-refractivity contribution is 7.90. The van der Waals surface area contributed by atoms with Crippen LogP contribution in [-0.2, 0) is 26.3 Å². The van der Waals surface area contributed by atoms with Crippen LogP contribution < -0.4 is 10.0 Å². The van der Waals surface area contributed by atoms with Crippen LogP contribution in [0.5, 0.6) is 0 Å². The van der Waals surface area contributed by atoms with Gasteiger partial charge >= 0.3 is 0 Å². The second-order valence-corrected chi connectivity index (χ2v) is 9.26. The molecule has 0 atom stereocenters. The lowest BCUT2D eigenvalue weighted by molar-refractivity contribution is 0.577. The Kier molecular flexibility index (Phi) is 4.90. The first-order valence-corrected chi connectivity index (χ1v) is 10.4. The van der Waals surface area contributed by atoms with Crippen molar-refractivity contribution in [2.45, 2.75) is 24.2 Å². The Morgan fingerprint density at radius 3 is 2.71 bits per heavy atom. The van der Waals surface area contributed by atoms with E-state index in [0.29, 0.717) is 0 Å². The molecule has 0 aliphatic carbocycles. The van der Waals surface area contributed by atoms with E-state index in [1.54, 1.807) is 18.2 Å². The molecule has 1 aliphatic heterocycles. The summed E-state index contributed by atoms with van der Waals surface area (Å²) in [5.41, 5.74) is 1.98.